The van der Waals surface area contributed by atoms with Crippen molar-refractivity contribution in [3.05, 3.63) is 47.5 Å². The van der Waals surface area contributed by atoms with Crippen molar-refractivity contribution in [3.63, 3.8) is 0 Å². The monoisotopic (exact) mass is 294 g/mol. The van der Waals surface area contributed by atoms with Crippen LogP contribution in [0.25, 0.3) is 0 Å². The van der Waals surface area contributed by atoms with Gasteiger partial charge in [-0.2, -0.15) is 10.4 Å². The van der Waals surface area contributed by atoms with Crippen LogP contribution in [0.1, 0.15) is 24.1 Å². The van der Waals surface area contributed by atoms with Gasteiger partial charge in [-0.05, 0) is 19.1 Å². The third-order valence-electron chi connectivity index (χ3n) is 2.73. The van der Waals surface area contributed by atoms with Gasteiger partial charge in [0.25, 0.3) is 0 Å². The zero-order valence-corrected chi connectivity index (χ0v) is 11.3. The van der Waals surface area contributed by atoms with Crippen LogP contribution < -0.4 is 4.72 Å². The molecule has 2 aromatic rings. The van der Waals surface area contributed by atoms with E-state index in [1.54, 1.807) is 19.2 Å². The van der Waals surface area contributed by atoms with E-state index in [9.17, 15) is 12.8 Å². The minimum Gasteiger partial charge on any atom is -0.285 e. The number of aromatic amines is 1. The standard InChI is InChI=1S/C12H11FN4O2S/c1-8(9-6-15-16-7-9)17-20(18,19)12-4-2-3-11(13)10(12)5-14/h2-4,6-8,17H,1H3,(H,15,16). The molecule has 8 heteroatoms. The van der Waals surface area contributed by atoms with Gasteiger partial charge < -0.3 is 0 Å². The lowest BCUT2D eigenvalue weighted by Crippen LogP contribution is -2.27. The fourth-order valence-corrected chi connectivity index (χ4v) is 3.10. The molecule has 0 aliphatic heterocycles. The molecule has 0 bridgehead atoms. The molecule has 0 amide bonds. The number of nitrogens with zero attached hydrogens (tertiary/aromatic N) is 2. The summed E-state index contributed by atoms with van der Waals surface area (Å²) in [5.41, 5.74) is 0.128. The predicted molar refractivity (Wildman–Crippen MR) is 68.4 cm³/mol. The van der Waals surface area contributed by atoms with Crippen LogP contribution in [0.15, 0.2) is 35.5 Å². The molecule has 1 unspecified atom stereocenters. The molecule has 1 aromatic carbocycles. The number of sulfonamides is 1. The van der Waals surface area contributed by atoms with Gasteiger partial charge in [-0.15, -0.1) is 0 Å². The van der Waals surface area contributed by atoms with Gasteiger partial charge in [-0.25, -0.2) is 17.5 Å². The van der Waals surface area contributed by atoms with E-state index in [-0.39, 0.29) is 4.90 Å². The SMILES string of the molecule is CC(NS(=O)(=O)c1cccc(F)c1C#N)c1cn[nH]c1. The maximum Gasteiger partial charge on any atom is 0.242 e. The second-order valence-electron chi connectivity index (χ2n) is 4.10. The fourth-order valence-electron chi connectivity index (χ4n) is 1.70. The van der Waals surface area contributed by atoms with E-state index in [0.29, 0.717) is 5.56 Å². The van der Waals surface area contributed by atoms with Gasteiger partial charge in [0, 0.05) is 17.8 Å². The number of nitriles is 1. The van der Waals surface area contributed by atoms with Crippen LogP contribution in [0.4, 0.5) is 4.39 Å². The van der Waals surface area contributed by atoms with E-state index in [4.69, 9.17) is 5.26 Å². The molecule has 0 aliphatic rings. The smallest absolute Gasteiger partial charge is 0.242 e. The Morgan fingerprint density at radius 1 is 1.50 bits per heavy atom. The summed E-state index contributed by atoms with van der Waals surface area (Å²) in [4.78, 5) is -0.379. The Balaban J connectivity index is 2.37. The summed E-state index contributed by atoms with van der Waals surface area (Å²) < 4.78 is 40.3. The van der Waals surface area contributed by atoms with Crippen molar-refractivity contribution in [2.75, 3.05) is 0 Å². The average Bonchev–Trinajstić information content (AvgIpc) is 2.91. The maximum absolute atomic E-state index is 13.5. The lowest BCUT2D eigenvalue weighted by Gasteiger charge is -2.13. The van der Waals surface area contributed by atoms with Crippen molar-refractivity contribution >= 4 is 10.0 Å². The van der Waals surface area contributed by atoms with Gasteiger partial charge in [0.2, 0.25) is 10.0 Å². The summed E-state index contributed by atoms with van der Waals surface area (Å²) in [5.74, 6) is -0.869. The highest BCUT2D eigenvalue weighted by atomic mass is 32.2. The van der Waals surface area contributed by atoms with Gasteiger partial charge in [-0.3, -0.25) is 5.10 Å². The lowest BCUT2D eigenvalue weighted by molar-refractivity contribution is 0.563. The number of halogens is 1. The summed E-state index contributed by atoms with van der Waals surface area (Å²) in [7, 11) is -4.00. The van der Waals surface area contributed by atoms with Crippen LogP contribution in [0.2, 0.25) is 0 Å². The van der Waals surface area contributed by atoms with Crippen molar-refractivity contribution in [1.82, 2.24) is 14.9 Å². The summed E-state index contributed by atoms with van der Waals surface area (Å²) in [6.07, 6.45) is 3.02. The van der Waals surface area contributed by atoms with Gasteiger partial charge in [0.1, 0.15) is 22.3 Å². The summed E-state index contributed by atoms with van der Waals surface area (Å²) in [5, 5.41) is 15.2. The van der Waals surface area contributed by atoms with Gasteiger partial charge in [-0.1, -0.05) is 6.07 Å². The number of nitrogens with one attached hydrogen (secondary N) is 2. The number of aromatic nitrogens is 2. The van der Waals surface area contributed by atoms with Crippen molar-refractivity contribution in [2.24, 2.45) is 0 Å². The van der Waals surface area contributed by atoms with E-state index in [2.05, 4.69) is 14.9 Å². The highest BCUT2D eigenvalue weighted by Crippen LogP contribution is 2.20. The molecule has 2 rings (SSSR count). The quantitative estimate of drug-likeness (QED) is 0.891. The Hall–Kier alpha value is -2.24. The first kappa shape index (κ1) is 14.2. The highest BCUT2D eigenvalue weighted by Gasteiger charge is 2.23. The second-order valence-corrected chi connectivity index (χ2v) is 5.78. The molecule has 0 saturated heterocycles. The van der Waals surface area contributed by atoms with E-state index in [0.717, 1.165) is 6.07 Å². The van der Waals surface area contributed by atoms with Crippen molar-refractivity contribution in [3.8, 4) is 6.07 Å². The van der Waals surface area contributed by atoms with Crippen LogP contribution in [0.5, 0.6) is 0 Å². The topological polar surface area (TPSA) is 98.6 Å². The average molecular weight is 294 g/mol. The zero-order valence-electron chi connectivity index (χ0n) is 10.5. The van der Waals surface area contributed by atoms with Crippen LogP contribution in [-0.2, 0) is 10.0 Å². The highest BCUT2D eigenvalue weighted by molar-refractivity contribution is 7.89. The molecular formula is C12H11FN4O2S. The Labute approximate surface area is 115 Å². The second kappa shape index (κ2) is 5.40. The van der Waals surface area contributed by atoms with Crippen LogP contribution >= 0.6 is 0 Å². The van der Waals surface area contributed by atoms with Crippen LogP contribution in [0.3, 0.4) is 0 Å². The molecule has 0 fully saturated rings. The molecule has 1 heterocycles. The van der Waals surface area contributed by atoms with Gasteiger partial charge in [0.15, 0.2) is 0 Å². The number of hydrogen-bond donors (Lipinski definition) is 2. The van der Waals surface area contributed by atoms with Gasteiger partial charge in [0.05, 0.1) is 6.20 Å². The number of rotatable bonds is 4. The Morgan fingerprint density at radius 2 is 2.25 bits per heavy atom. The lowest BCUT2D eigenvalue weighted by atomic mass is 10.2. The number of hydrogen-bond acceptors (Lipinski definition) is 4. The molecule has 6 nitrogen and oxygen atoms in total. The predicted octanol–water partition coefficient (Wildman–Crippen LogP) is 1.46. The molecule has 20 heavy (non-hydrogen) atoms. The molecule has 0 radical (unpaired) electrons. The van der Waals surface area contributed by atoms with E-state index in [1.807, 2.05) is 0 Å². The Bertz CT molecular complexity index is 750. The zero-order chi connectivity index (χ0) is 14.8. The minimum atomic E-state index is -4.00. The van der Waals surface area contributed by atoms with Gasteiger partial charge >= 0.3 is 0 Å². The first-order chi connectivity index (χ1) is 9.45. The summed E-state index contributed by atoms with van der Waals surface area (Å²) in [6, 6.07) is 4.47. The molecule has 1 aromatic heterocycles. The molecular weight excluding hydrogens is 283 g/mol. The molecule has 0 aliphatic carbocycles. The number of benzene rings is 1. The summed E-state index contributed by atoms with van der Waals surface area (Å²) >= 11 is 0. The molecule has 0 spiro atoms. The Morgan fingerprint density at radius 3 is 2.85 bits per heavy atom. The minimum absolute atomic E-state index is 0.379. The van der Waals surface area contributed by atoms with Crippen LogP contribution in [0, 0.1) is 17.1 Å². The molecule has 2 N–H and O–H groups in total. The van der Waals surface area contributed by atoms with E-state index >= 15 is 0 Å². The Kier molecular flexibility index (Phi) is 3.83. The first-order valence-electron chi connectivity index (χ1n) is 5.65. The third kappa shape index (κ3) is 2.68. The van der Waals surface area contributed by atoms with Crippen molar-refractivity contribution in [2.45, 2.75) is 17.9 Å². The number of H-pyrrole nitrogens is 1. The molecule has 104 valence electrons. The third-order valence-corrected chi connectivity index (χ3v) is 4.31. The van der Waals surface area contributed by atoms with Crippen molar-refractivity contribution in [1.29, 1.82) is 5.26 Å². The maximum atomic E-state index is 13.5. The molecule has 1 atom stereocenters. The van der Waals surface area contributed by atoms with Crippen LogP contribution in [-0.4, -0.2) is 18.6 Å². The first-order valence-corrected chi connectivity index (χ1v) is 7.13. The normalized spacial score (nSPS) is 12.8. The van der Waals surface area contributed by atoms with E-state index < -0.39 is 27.4 Å². The fraction of sp³-hybridized carbons (Fsp3) is 0.167. The van der Waals surface area contributed by atoms with E-state index in [1.165, 1.54) is 18.3 Å². The largest absolute Gasteiger partial charge is 0.285 e. The molecule has 0 saturated carbocycles. The summed E-state index contributed by atoms with van der Waals surface area (Å²) in [6.45, 7) is 1.62. The van der Waals surface area contributed by atoms with Crippen molar-refractivity contribution < 1.29 is 12.8 Å².